The molecule has 2 amide bonds. The molecule has 0 aliphatic carbocycles. The van der Waals surface area contributed by atoms with Crippen molar-refractivity contribution in [3.05, 3.63) is 0 Å². The molecule has 0 saturated carbocycles. The van der Waals surface area contributed by atoms with Crippen LogP contribution in [0.5, 0.6) is 0 Å². The maximum Gasteiger partial charge on any atom is 0.241 e. The second kappa shape index (κ2) is 6.16. The van der Waals surface area contributed by atoms with Gasteiger partial charge in [0, 0.05) is 6.42 Å². The predicted molar refractivity (Wildman–Crippen MR) is 43.4 cm³/mol. The lowest BCUT2D eigenvalue weighted by atomic mass is 10.2. The van der Waals surface area contributed by atoms with Crippen LogP contribution in [0.1, 0.15) is 26.2 Å². The second-order valence-electron chi connectivity index (χ2n) is 2.21. The first-order valence-electron chi connectivity index (χ1n) is 3.59. The van der Waals surface area contributed by atoms with Crippen LogP contribution in [0.4, 0.5) is 0 Å². The van der Waals surface area contributed by atoms with Gasteiger partial charge in [0.25, 0.3) is 0 Å². The van der Waals surface area contributed by atoms with Crippen LogP contribution in [-0.2, 0) is 9.59 Å². The average Bonchev–Trinajstić information content (AvgIpc) is 2.00. The Morgan fingerprint density at radius 3 is 2.45 bits per heavy atom. The Morgan fingerprint density at radius 1 is 1.36 bits per heavy atom. The minimum absolute atomic E-state index is 0.155. The molecule has 0 aliphatic rings. The van der Waals surface area contributed by atoms with Crippen LogP contribution in [-0.4, -0.2) is 17.7 Å². The van der Waals surface area contributed by atoms with E-state index < -0.39 is 5.91 Å². The van der Waals surface area contributed by atoms with E-state index in [-0.39, 0.29) is 11.8 Å². The zero-order valence-electron chi connectivity index (χ0n) is 6.52. The van der Waals surface area contributed by atoms with E-state index in [1.807, 2.05) is 6.92 Å². The van der Waals surface area contributed by atoms with Gasteiger partial charge in [-0.1, -0.05) is 13.3 Å². The fourth-order valence-corrected chi connectivity index (χ4v) is 0.656. The Hall–Kier alpha value is -0.570. The quantitative estimate of drug-likeness (QED) is 0.653. The standard InChI is InChI=1S/C7H12ClNO2/c1-2-3-4-6(10)9-7(11)5-8/h2-5H2,1H3,(H,9,10,11). The van der Waals surface area contributed by atoms with Crippen molar-refractivity contribution in [3.8, 4) is 0 Å². The van der Waals surface area contributed by atoms with E-state index in [0.29, 0.717) is 6.42 Å². The van der Waals surface area contributed by atoms with Gasteiger partial charge in [0.15, 0.2) is 0 Å². The first kappa shape index (κ1) is 10.4. The number of hydrogen-bond acceptors (Lipinski definition) is 2. The van der Waals surface area contributed by atoms with Crippen molar-refractivity contribution < 1.29 is 9.59 Å². The number of carbonyl (C=O) groups excluding carboxylic acids is 2. The monoisotopic (exact) mass is 177 g/mol. The number of unbranched alkanes of at least 4 members (excludes halogenated alkanes) is 1. The third-order valence-corrected chi connectivity index (χ3v) is 1.40. The van der Waals surface area contributed by atoms with Crippen LogP contribution in [0.25, 0.3) is 0 Å². The van der Waals surface area contributed by atoms with Crippen molar-refractivity contribution in [2.24, 2.45) is 0 Å². The van der Waals surface area contributed by atoms with Crippen molar-refractivity contribution in [1.82, 2.24) is 5.32 Å². The van der Waals surface area contributed by atoms with Gasteiger partial charge >= 0.3 is 0 Å². The van der Waals surface area contributed by atoms with Crippen LogP contribution >= 0.6 is 11.6 Å². The first-order valence-corrected chi connectivity index (χ1v) is 4.12. The normalized spacial score (nSPS) is 9.27. The highest BCUT2D eigenvalue weighted by Gasteiger charge is 2.04. The lowest BCUT2D eigenvalue weighted by molar-refractivity contribution is -0.129. The highest BCUT2D eigenvalue weighted by Crippen LogP contribution is 1.92. The van der Waals surface area contributed by atoms with Crippen LogP contribution < -0.4 is 5.32 Å². The topological polar surface area (TPSA) is 46.2 Å². The molecular formula is C7H12ClNO2. The maximum atomic E-state index is 10.8. The summed E-state index contributed by atoms with van der Waals surface area (Å²) < 4.78 is 0. The van der Waals surface area contributed by atoms with Crippen molar-refractivity contribution in [1.29, 1.82) is 0 Å². The molecule has 0 heterocycles. The fourth-order valence-electron chi connectivity index (χ4n) is 0.589. The molecule has 3 nitrogen and oxygen atoms in total. The minimum atomic E-state index is -0.423. The Labute approximate surface area is 71.1 Å². The molecule has 64 valence electrons. The molecule has 0 bridgehead atoms. The fraction of sp³-hybridized carbons (Fsp3) is 0.714. The summed E-state index contributed by atoms with van der Waals surface area (Å²) in [5.74, 6) is -0.817. The van der Waals surface area contributed by atoms with Crippen molar-refractivity contribution in [3.63, 3.8) is 0 Å². The van der Waals surface area contributed by atoms with E-state index in [9.17, 15) is 9.59 Å². The van der Waals surface area contributed by atoms with Crippen molar-refractivity contribution in [2.75, 3.05) is 5.88 Å². The number of amides is 2. The third kappa shape index (κ3) is 5.85. The maximum absolute atomic E-state index is 10.8. The SMILES string of the molecule is CCCCC(=O)NC(=O)CCl. The number of carbonyl (C=O) groups is 2. The summed E-state index contributed by atoms with van der Waals surface area (Å²) in [6.07, 6.45) is 2.16. The summed E-state index contributed by atoms with van der Waals surface area (Å²) in [7, 11) is 0. The number of rotatable bonds is 4. The van der Waals surface area contributed by atoms with Gasteiger partial charge in [0.2, 0.25) is 11.8 Å². The molecular weight excluding hydrogens is 166 g/mol. The van der Waals surface area contributed by atoms with E-state index in [1.165, 1.54) is 0 Å². The largest absolute Gasteiger partial charge is 0.295 e. The van der Waals surface area contributed by atoms with Gasteiger partial charge in [-0.3, -0.25) is 14.9 Å². The molecule has 0 spiro atoms. The molecule has 4 heteroatoms. The number of halogens is 1. The molecule has 0 atom stereocenters. The van der Waals surface area contributed by atoms with E-state index in [1.54, 1.807) is 0 Å². The zero-order chi connectivity index (χ0) is 8.69. The van der Waals surface area contributed by atoms with Gasteiger partial charge in [-0.25, -0.2) is 0 Å². The summed E-state index contributed by atoms with van der Waals surface area (Å²) in [4.78, 5) is 21.3. The van der Waals surface area contributed by atoms with E-state index in [2.05, 4.69) is 5.32 Å². The van der Waals surface area contributed by atoms with Gasteiger partial charge in [0.1, 0.15) is 5.88 Å². The summed E-state index contributed by atoms with van der Waals surface area (Å²) in [6.45, 7) is 1.98. The Morgan fingerprint density at radius 2 is 2.00 bits per heavy atom. The lowest BCUT2D eigenvalue weighted by Crippen LogP contribution is -2.30. The van der Waals surface area contributed by atoms with Gasteiger partial charge in [-0.05, 0) is 6.42 Å². The molecule has 0 aromatic rings. The molecule has 0 aliphatic heterocycles. The lowest BCUT2D eigenvalue weighted by Gasteiger charge is -1.99. The summed E-state index contributed by atoms with van der Waals surface area (Å²) >= 11 is 5.17. The molecule has 0 aromatic carbocycles. The smallest absolute Gasteiger partial charge is 0.241 e. The zero-order valence-corrected chi connectivity index (χ0v) is 7.28. The summed E-state index contributed by atoms with van der Waals surface area (Å²) in [5.41, 5.74) is 0. The first-order chi connectivity index (χ1) is 5.20. The highest BCUT2D eigenvalue weighted by atomic mass is 35.5. The van der Waals surface area contributed by atoms with Crippen LogP contribution in [0.15, 0.2) is 0 Å². The molecule has 0 aromatic heterocycles. The van der Waals surface area contributed by atoms with Crippen molar-refractivity contribution in [2.45, 2.75) is 26.2 Å². The summed E-state index contributed by atoms with van der Waals surface area (Å²) in [6, 6.07) is 0. The van der Waals surface area contributed by atoms with E-state index in [4.69, 9.17) is 11.6 Å². The number of nitrogens with one attached hydrogen (secondary N) is 1. The van der Waals surface area contributed by atoms with Gasteiger partial charge in [-0.2, -0.15) is 0 Å². The minimum Gasteiger partial charge on any atom is -0.295 e. The number of imide groups is 1. The van der Waals surface area contributed by atoms with Crippen LogP contribution in [0.2, 0.25) is 0 Å². The van der Waals surface area contributed by atoms with E-state index >= 15 is 0 Å². The highest BCUT2D eigenvalue weighted by molar-refractivity contribution is 6.28. The summed E-state index contributed by atoms with van der Waals surface area (Å²) in [5, 5.41) is 2.15. The molecule has 0 fully saturated rings. The molecule has 0 saturated heterocycles. The van der Waals surface area contributed by atoms with Gasteiger partial charge in [-0.15, -0.1) is 11.6 Å². The van der Waals surface area contributed by atoms with Gasteiger partial charge < -0.3 is 0 Å². The van der Waals surface area contributed by atoms with E-state index in [0.717, 1.165) is 12.8 Å². The Balaban J connectivity index is 3.44. The van der Waals surface area contributed by atoms with Gasteiger partial charge in [0.05, 0.1) is 0 Å². The second-order valence-corrected chi connectivity index (χ2v) is 2.48. The predicted octanol–water partition coefficient (Wildman–Crippen LogP) is 1.06. The molecule has 1 N–H and O–H groups in total. The average molecular weight is 178 g/mol. The third-order valence-electron chi connectivity index (χ3n) is 1.16. The number of alkyl halides is 1. The molecule has 11 heavy (non-hydrogen) atoms. The molecule has 0 rings (SSSR count). The van der Waals surface area contributed by atoms with Crippen LogP contribution in [0, 0.1) is 0 Å². The molecule has 0 radical (unpaired) electrons. The van der Waals surface area contributed by atoms with Crippen LogP contribution in [0.3, 0.4) is 0 Å². The molecule has 0 unspecified atom stereocenters. The Kier molecular flexibility index (Phi) is 5.84. The number of hydrogen-bond donors (Lipinski definition) is 1. The van der Waals surface area contributed by atoms with Crippen molar-refractivity contribution >= 4 is 23.4 Å². The Bertz CT molecular complexity index is 147.